The second-order valence-corrected chi connectivity index (χ2v) is 9.49. The Labute approximate surface area is 192 Å². The SMILES string of the molecule is OCC1C(O)CC(NCC2CCCCC2)C1Cc1ccnc(-c2cccc(C(F)(F)F)c2)n1. The van der Waals surface area contributed by atoms with Crippen molar-refractivity contribution in [1.82, 2.24) is 15.3 Å². The quantitative estimate of drug-likeness (QED) is 0.573. The molecular weight excluding hydrogens is 431 g/mol. The van der Waals surface area contributed by atoms with Crippen LogP contribution in [0.25, 0.3) is 11.4 Å². The second-order valence-electron chi connectivity index (χ2n) is 9.49. The van der Waals surface area contributed by atoms with Crippen LogP contribution in [-0.2, 0) is 12.6 Å². The van der Waals surface area contributed by atoms with Gasteiger partial charge in [-0.1, -0.05) is 31.4 Å². The Bertz CT molecular complexity index is 918. The van der Waals surface area contributed by atoms with Gasteiger partial charge in [-0.05, 0) is 62.3 Å². The van der Waals surface area contributed by atoms with E-state index in [9.17, 15) is 23.4 Å². The van der Waals surface area contributed by atoms with E-state index < -0.39 is 17.8 Å². The summed E-state index contributed by atoms with van der Waals surface area (Å²) < 4.78 is 39.3. The van der Waals surface area contributed by atoms with Crippen LogP contribution in [0.3, 0.4) is 0 Å². The average Bonchev–Trinajstić information content (AvgIpc) is 3.12. The molecule has 2 aliphatic rings. The van der Waals surface area contributed by atoms with Crippen molar-refractivity contribution in [2.45, 2.75) is 63.3 Å². The van der Waals surface area contributed by atoms with Crippen LogP contribution in [0, 0.1) is 17.8 Å². The lowest BCUT2D eigenvalue weighted by molar-refractivity contribution is -0.137. The van der Waals surface area contributed by atoms with Gasteiger partial charge < -0.3 is 15.5 Å². The van der Waals surface area contributed by atoms with Crippen molar-refractivity contribution >= 4 is 0 Å². The highest BCUT2D eigenvalue weighted by Crippen LogP contribution is 2.36. The minimum Gasteiger partial charge on any atom is -0.396 e. The van der Waals surface area contributed by atoms with Crippen molar-refractivity contribution in [3.63, 3.8) is 0 Å². The van der Waals surface area contributed by atoms with Crippen LogP contribution in [0.5, 0.6) is 0 Å². The Hall–Kier alpha value is -2.03. The van der Waals surface area contributed by atoms with Crippen molar-refractivity contribution in [1.29, 1.82) is 0 Å². The van der Waals surface area contributed by atoms with Crippen LogP contribution in [-0.4, -0.2) is 45.5 Å². The van der Waals surface area contributed by atoms with Crippen molar-refractivity contribution in [2.24, 2.45) is 17.8 Å². The molecule has 3 N–H and O–H groups in total. The van der Waals surface area contributed by atoms with Crippen LogP contribution in [0.2, 0.25) is 0 Å². The summed E-state index contributed by atoms with van der Waals surface area (Å²) in [5, 5.41) is 24.1. The Morgan fingerprint density at radius 1 is 1.06 bits per heavy atom. The molecule has 1 aromatic carbocycles. The summed E-state index contributed by atoms with van der Waals surface area (Å²) in [6.45, 7) is 0.796. The zero-order chi connectivity index (χ0) is 23.4. The van der Waals surface area contributed by atoms with E-state index in [4.69, 9.17) is 0 Å². The third kappa shape index (κ3) is 5.91. The number of aliphatic hydroxyl groups is 2. The van der Waals surface area contributed by atoms with Crippen molar-refractivity contribution in [3.8, 4) is 11.4 Å². The molecule has 2 aliphatic carbocycles. The Balaban J connectivity index is 1.50. The van der Waals surface area contributed by atoms with Crippen molar-refractivity contribution in [2.75, 3.05) is 13.2 Å². The Kier molecular flexibility index (Phi) is 7.66. The van der Waals surface area contributed by atoms with E-state index in [1.807, 2.05) is 0 Å². The smallest absolute Gasteiger partial charge is 0.396 e. The zero-order valence-electron chi connectivity index (χ0n) is 18.6. The second kappa shape index (κ2) is 10.5. The van der Waals surface area contributed by atoms with Crippen LogP contribution >= 0.6 is 0 Å². The van der Waals surface area contributed by atoms with Crippen molar-refractivity contribution < 1.29 is 23.4 Å². The van der Waals surface area contributed by atoms with E-state index >= 15 is 0 Å². The van der Waals surface area contributed by atoms with Gasteiger partial charge in [-0.2, -0.15) is 13.2 Å². The molecule has 2 saturated carbocycles. The standard InChI is InChI=1S/C25H32F3N3O2/c26-25(27,28)18-8-4-7-17(11-18)24-29-10-9-19(31-24)12-20-21(15-32)23(33)13-22(20)30-14-16-5-2-1-3-6-16/h4,7-11,16,20-23,30,32-33H,1-3,5-6,12-15H2. The maximum Gasteiger partial charge on any atom is 0.416 e. The molecule has 1 aromatic heterocycles. The van der Waals surface area contributed by atoms with Gasteiger partial charge in [-0.15, -0.1) is 0 Å². The van der Waals surface area contributed by atoms with Gasteiger partial charge in [0.05, 0.1) is 11.7 Å². The molecule has 0 spiro atoms. The summed E-state index contributed by atoms with van der Waals surface area (Å²) in [6.07, 6.45) is 3.91. The van der Waals surface area contributed by atoms with Gasteiger partial charge in [0.25, 0.3) is 0 Å². The number of aromatic nitrogens is 2. The predicted octanol–water partition coefficient (Wildman–Crippen LogP) is 4.23. The summed E-state index contributed by atoms with van der Waals surface area (Å²) in [4.78, 5) is 8.72. The first-order chi connectivity index (χ1) is 15.8. The van der Waals surface area contributed by atoms with Gasteiger partial charge in [0.15, 0.2) is 5.82 Å². The first-order valence-electron chi connectivity index (χ1n) is 11.9. The van der Waals surface area contributed by atoms with E-state index in [0.29, 0.717) is 30.0 Å². The summed E-state index contributed by atoms with van der Waals surface area (Å²) in [7, 11) is 0. The number of alkyl halides is 3. The van der Waals surface area contributed by atoms with Gasteiger partial charge in [0, 0.05) is 36.0 Å². The number of hydrogen-bond donors (Lipinski definition) is 3. The molecule has 0 saturated heterocycles. The van der Waals surface area contributed by atoms with E-state index in [2.05, 4.69) is 15.3 Å². The number of benzene rings is 1. The highest BCUT2D eigenvalue weighted by atomic mass is 19.4. The average molecular weight is 464 g/mol. The monoisotopic (exact) mass is 463 g/mol. The summed E-state index contributed by atoms with van der Waals surface area (Å²) >= 11 is 0. The summed E-state index contributed by atoms with van der Waals surface area (Å²) in [6, 6.07) is 6.83. The third-order valence-corrected chi connectivity index (χ3v) is 7.27. The molecule has 8 heteroatoms. The molecule has 0 amide bonds. The number of aliphatic hydroxyl groups excluding tert-OH is 2. The van der Waals surface area contributed by atoms with Crippen molar-refractivity contribution in [3.05, 3.63) is 47.8 Å². The van der Waals surface area contributed by atoms with Gasteiger partial charge in [-0.3, -0.25) is 0 Å². The number of halogens is 3. The van der Waals surface area contributed by atoms with E-state index in [1.165, 1.54) is 38.2 Å². The molecule has 0 aliphatic heterocycles. The molecule has 4 atom stereocenters. The highest BCUT2D eigenvalue weighted by Gasteiger charge is 2.42. The minimum atomic E-state index is -4.43. The Morgan fingerprint density at radius 2 is 1.85 bits per heavy atom. The molecule has 1 heterocycles. The van der Waals surface area contributed by atoms with Gasteiger partial charge in [0.2, 0.25) is 0 Å². The lowest BCUT2D eigenvalue weighted by atomic mass is 9.87. The largest absolute Gasteiger partial charge is 0.416 e. The van der Waals surface area contributed by atoms with Crippen LogP contribution in [0.15, 0.2) is 36.5 Å². The number of hydrogen-bond acceptors (Lipinski definition) is 5. The van der Waals surface area contributed by atoms with E-state index in [1.54, 1.807) is 18.3 Å². The molecule has 0 radical (unpaired) electrons. The highest BCUT2D eigenvalue weighted by molar-refractivity contribution is 5.56. The first kappa shape index (κ1) is 24.1. The minimum absolute atomic E-state index is 0.0159. The number of nitrogens with one attached hydrogen (secondary N) is 1. The molecule has 2 fully saturated rings. The van der Waals surface area contributed by atoms with Crippen LogP contribution < -0.4 is 5.32 Å². The van der Waals surface area contributed by atoms with Gasteiger partial charge in [0.1, 0.15) is 0 Å². The van der Waals surface area contributed by atoms with E-state index in [-0.39, 0.29) is 30.3 Å². The molecular formula is C25H32F3N3O2. The van der Waals surface area contributed by atoms with E-state index in [0.717, 1.165) is 18.7 Å². The normalized spacial score (nSPS) is 26.6. The fourth-order valence-corrected chi connectivity index (χ4v) is 5.41. The maximum atomic E-state index is 13.1. The fraction of sp³-hybridized carbons (Fsp3) is 0.600. The lowest BCUT2D eigenvalue weighted by Gasteiger charge is -2.28. The third-order valence-electron chi connectivity index (χ3n) is 7.27. The first-order valence-corrected chi connectivity index (χ1v) is 11.9. The lowest BCUT2D eigenvalue weighted by Crippen LogP contribution is -2.39. The molecule has 4 unspecified atom stereocenters. The molecule has 180 valence electrons. The predicted molar refractivity (Wildman–Crippen MR) is 119 cm³/mol. The van der Waals surface area contributed by atoms with Gasteiger partial charge >= 0.3 is 6.18 Å². The molecule has 4 rings (SSSR count). The zero-order valence-corrected chi connectivity index (χ0v) is 18.6. The molecule has 5 nitrogen and oxygen atoms in total. The fourth-order valence-electron chi connectivity index (χ4n) is 5.41. The Morgan fingerprint density at radius 3 is 2.58 bits per heavy atom. The topological polar surface area (TPSA) is 78.3 Å². The summed E-state index contributed by atoms with van der Waals surface area (Å²) in [5.74, 6) is 0.611. The number of rotatable bonds is 7. The van der Waals surface area contributed by atoms with Crippen LogP contribution in [0.1, 0.15) is 49.8 Å². The number of nitrogens with zero attached hydrogens (tertiary/aromatic N) is 2. The maximum absolute atomic E-state index is 13.1. The summed E-state index contributed by atoms with van der Waals surface area (Å²) in [5.41, 5.74) is 0.267. The van der Waals surface area contributed by atoms with Gasteiger partial charge in [-0.25, -0.2) is 9.97 Å². The molecule has 33 heavy (non-hydrogen) atoms. The molecule has 0 bridgehead atoms. The molecule has 2 aromatic rings. The van der Waals surface area contributed by atoms with Crippen LogP contribution in [0.4, 0.5) is 13.2 Å².